The van der Waals surface area contributed by atoms with Crippen molar-refractivity contribution in [2.45, 2.75) is 25.9 Å². The van der Waals surface area contributed by atoms with E-state index in [9.17, 15) is 4.39 Å². The van der Waals surface area contributed by atoms with E-state index in [0.717, 1.165) is 19.4 Å². The van der Waals surface area contributed by atoms with Gasteiger partial charge in [0.1, 0.15) is 17.7 Å². The molecule has 0 aromatic heterocycles. The second-order valence-corrected chi connectivity index (χ2v) is 5.44. The fourth-order valence-corrected chi connectivity index (χ4v) is 2.06. The SMILES string of the molecule is CCC(CNC(=NC)NCCCOCCOC)Oc1cccc(F)c1. The lowest BCUT2D eigenvalue weighted by atomic mass is 10.2. The zero-order valence-corrected chi connectivity index (χ0v) is 15.4. The van der Waals surface area contributed by atoms with Crippen LogP contribution >= 0.6 is 0 Å². The van der Waals surface area contributed by atoms with E-state index in [1.807, 2.05) is 6.92 Å². The van der Waals surface area contributed by atoms with Crippen molar-refractivity contribution in [1.29, 1.82) is 0 Å². The summed E-state index contributed by atoms with van der Waals surface area (Å²) in [6, 6.07) is 6.18. The molecule has 25 heavy (non-hydrogen) atoms. The molecule has 142 valence electrons. The molecule has 1 unspecified atom stereocenters. The molecule has 0 saturated carbocycles. The molecule has 0 aliphatic carbocycles. The van der Waals surface area contributed by atoms with Crippen LogP contribution in [0.2, 0.25) is 0 Å². The van der Waals surface area contributed by atoms with Gasteiger partial charge in [0.15, 0.2) is 5.96 Å². The molecule has 1 aromatic rings. The number of nitrogens with zero attached hydrogens (tertiary/aromatic N) is 1. The molecule has 7 heteroatoms. The van der Waals surface area contributed by atoms with Gasteiger partial charge in [-0.1, -0.05) is 13.0 Å². The Labute approximate surface area is 149 Å². The maximum absolute atomic E-state index is 13.2. The largest absolute Gasteiger partial charge is 0.489 e. The predicted octanol–water partition coefficient (Wildman–Crippen LogP) is 2.20. The maximum atomic E-state index is 13.2. The second kappa shape index (κ2) is 13.4. The summed E-state index contributed by atoms with van der Waals surface area (Å²) >= 11 is 0. The second-order valence-electron chi connectivity index (χ2n) is 5.44. The summed E-state index contributed by atoms with van der Waals surface area (Å²) in [6.45, 7) is 5.26. The van der Waals surface area contributed by atoms with Crippen molar-refractivity contribution in [2.24, 2.45) is 4.99 Å². The minimum atomic E-state index is -0.300. The summed E-state index contributed by atoms with van der Waals surface area (Å²) in [5.41, 5.74) is 0. The number of nitrogens with one attached hydrogen (secondary N) is 2. The number of benzene rings is 1. The summed E-state index contributed by atoms with van der Waals surface area (Å²) in [4.78, 5) is 4.18. The molecule has 0 aliphatic heterocycles. The van der Waals surface area contributed by atoms with Crippen LogP contribution in [0.1, 0.15) is 19.8 Å². The van der Waals surface area contributed by atoms with Crippen LogP contribution in [-0.2, 0) is 9.47 Å². The van der Waals surface area contributed by atoms with Crippen LogP contribution in [0.25, 0.3) is 0 Å². The van der Waals surface area contributed by atoms with Gasteiger partial charge in [-0.25, -0.2) is 4.39 Å². The lowest BCUT2D eigenvalue weighted by molar-refractivity contribution is 0.0698. The van der Waals surface area contributed by atoms with Gasteiger partial charge >= 0.3 is 0 Å². The predicted molar refractivity (Wildman–Crippen MR) is 97.8 cm³/mol. The van der Waals surface area contributed by atoms with Crippen molar-refractivity contribution in [1.82, 2.24) is 10.6 Å². The molecule has 0 amide bonds. The number of halogens is 1. The maximum Gasteiger partial charge on any atom is 0.191 e. The molecule has 1 rings (SSSR count). The van der Waals surface area contributed by atoms with Crippen LogP contribution in [0, 0.1) is 5.82 Å². The highest BCUT2D eigenvalue weighted by Crippen LogP contribution is 2.14. The van der Waals surface area contributed by atoms with Gasteiger partial charge in [0.05, 0.1) is 19.8 Å². The van der Waals surface area contributed by atoms with Crippen LogP contribution in [0.5, 0.6) is 5.75 Å². The molecule has 0 fully saturated rings. The highest BCUT2D eigenvalue weighted by molar-refractivity contribution is 5.79. The molecule has 0 spiro atoms. The van der Waals surface area contributed by atoms with Crippen molar-refractivity contribution in [3.63, 3.8) is 0 Å². The zero-order chi connectivity index (χ0) is 18.3. The Morgan fingerprint density at radius 2 is 2.08 bits per heavy atom. The summed E-state index contributed by atoms with van der Waals surface area (Å²) in [6.07, 6.45) is 1.60. The van der Waals surface area contributed by atoms with Crippen molar-refractivity contribution in [2.75, 3.05) is 47.1 Å². The number of aliphatic imine (C=N–C) groups is 1. The molecule has 0 radical (unpaired) electrons. The summed E-state index contributed by atoms with van der Waals surface area (Å²) in [5, 5.41) is 6.45. The van der Waals surface area contributed by atoms with Crippen molar-refractivity contribution in [3.05, 3.63) is 30.1 Å². The summed E-state index contributed by atoms with van der Waals surface area (Å²) < 4.78 is 29.3. The van der Waals surface area contributed by atoms with Crippen LogP contribution in [0.4, 0.5) is 4.39 Å². The Morgan fingerprint density at radius 1 is 1.24 bits per heavy atom. The van der Waals surface area contributed by atoms with Crippen LogP contribution in [0.3, 0.4) is 0 Å². The van der Waals surface area contributed by atoms with Gasteiger partial charge in [-0.3, -0.25) is 4.99 Å². The van der Waals surface area contributed by atoms with E-state index in [4.69, 9.17) is 14.2 Å². The number of hydrogen-bond donors (Lipinski definition) is 2. The third-order valence-corrected chi connectivity index (χ3v) is 3.46. The van der Waals surface area contributed by atoms with Crippen LogP contribution in [-0.4, -0.2) is 59.1 Å². The first-order valence-electron chi connectivity index (χ1n) is 8.63. The van der Waals surface area contributed by atoms with Crippen molar-refractivity contribution < 1.29 is 18.6 Å². The topological polar surface area (TPSA) is 64.1 Å². The molecule has 1 aromatic carbocycles. The van der Waals surface area contributed by atoms with Crippen molar-refractivity contribution >= 4 is 5.96 Å². The van der Waals surface area contributed by atoms with E-state index in [-0.39, 0.29) is 11.9 Å². The van der Waals surface area contributed by atoms with Gasteiger partial charge in [-0.15, -0.1) is 0 Å². The highest BCUT2D eigenvalue weighted by atomic mass is 19.1. The molecule has 2 N–H and O–H groups in total. The standard InChI is InChI=1S/C18H30FN3O3/c1-4-16(25-17-8-5-7-15(19)13-17)14-22-18(20-2)21-9-6-10-24-12-11-23-3/h5,7-8,13,16H,4,6,9-12,14H2,1-3H3,(H2,20,21,22). The zero-order valence-electron chi connectivity index (χ0n) is 15.4. The molecule has 0 bridgehead atoms. The average molecular weight is 355 g/mol. The molecule has 0 heterocycles. The monoisotopic (exact) mass is 355 g/mol. The third-order valence-electron chi connectivity index (χ3n) is 3.46. The Morgan fingerprint density at radius 3 is 2.76 bits per heavy atom. The molecule has 0 aliphatic rings. The summed E-state index contributed by atoms with van der Waals surface area (Å²) in [5.74, 6) is 0.938. The normalized spacial score (nSPS) is 12.7. The Kier molecular flexibility index (Phi) is 11.4. The summed E-state index contributed by atoms with van der Waals surface area (Å²) in [7, 11) is 3.38. The van der Waals surface area contributed by atoms with Crippen LogP contribution < -0.4 is 15.4 Å². The molecular formula is C18H30FN3O3. The highest BCUT2D eigenvalue weighted by Gasteiger charge is 2.09. The van der Waals surface area contributed by atoms with Gasteiger partial charge in [0.25, 0.3) is 0 Å². The number of guanidine groups is 1. The smallest absolute Gasteiger partial charge is 0.191 e. The minimum absolute atomic E-state index is 0.0715. The first-order chi connectivity index (χ1) is 12.2. The Bertz CT molecular complexity index is 500. The van der Waals surface area contributed by atoms with E-state index in [0.29, 0.717) is 38.1 Å². The molecule has 0 saturated heterocycles. The van der Waals surface area contributed by atoms with Gasteiger partial charge in [-0.05, 0) is 25.0 Å². The molecule has 6 nitrogen and oxygen atoms in total. The lowest BCUT2D eigenvalue weighted by Crippen LogP contribution is -2.42. The average Bonchev–Trinajstić information content (AvgIpc) is 2.62. The fourth-order valence-electron chi connectivity index (χ4n) is 2.06. The van der Waals surface area contributed by atoms with E-state index in [2.05, 4.69) is 15.6 Å². The van der Waals surface area contributed by atoms with E-state index >= 15 is 0 Å². The Hall–Kier alpha value is -1.86. The molecule has 1 atom stereocenters. The molecular weight excluding hydrogens is 325 g/mol. The van der Waals surface area contributed by atoms with E-state index in [1.54, 1.807) is 26.3 Å². The van der Waals surface area contributed by atoms with Crippen LogP contribution in [0.15, 0.2) is 29.3 Å². The fraction of sp³-hybridized carbons (Fsp3) is 0.611. The van der Waals surface area contributed by atoms with Gasteiger partial charge < -0.3 is 24.8 Å². The number of hydrogen-bond acceptors (Lipinski definition) is 4. The first-order valence-corrected chi connectivity index (χ1v) is 8.63. The first kappa shape index (κ1) is 21.2. The number of methoxy groups -OCH3 is 1. The minimum Gasteiger partial charge on any atom is -0.489 e. The van der Waals surface area contributed by atoms with E-state index < -0.39 is 0 Å². The van der Waals surface area contributed by atoms with Crippen molar-refractivity contribution in [3.8, 4) is 5.75 Å². The van der Waals surface area contributed by atoms with Gasteiger partial charge in [-0.2, -0.15) is 0 Å². The quantitative estimate of drug-likeness (QED) is 0.342. The van der Waals surface area contributed by atoms with E-state index in [1.165, 1.54) is 12.1 Å². The number of rotatable bonds is 12. The van der Waals surface area contributed by atoms with Gasteiger partial charge in [0.2, 0.25) is 0 Å². The Balaban J connectivity index is 2.25. The lowest BCUT2D eigenvalue weighted by Gasteiger charge is -2.20. The third kappa shape index (κ3) is 9.89. The number of ether oxygens (including phenoxy) is 3. The van der Waals surface area contributed by atoms with Gasteiger partial charge in [0, 0.05) is 33.4 Å².